The molecule has 2 nitrogen and oxygen atoms in total. The first-order valence-electron chi connectivity index (χ1n) is 13.2. The lowest BCUT2D eigenvalue weighted by Crippen LogP contribution is -2.09. The number of rotatable bonds is 21. The molecule has 186 valence electrons. The van der Waals surface area contributed by atoms with Crippen LogP contribution in [-0.2, 0) is 9.53 Å². The second kappa shape index (κ2) is 26.2. The van der Waals surface area contributed by atoms with Gasteiger partial charge in [0.1, 0.15) is 0 Å². The zero-order chi connectivity index (χ0) is 24.2. The van der Waals surface area contributed by atoms with Gasteiger partial charge in [-0.3, -0.25) is 4.79 Å². The third-order valence-electron chi connectivity index (χ3n) is 4.83. The van der Waals surface area contributed by atoms with Crippen LogP contribution in [0.2, 0.25) is 0 Å². The van der Waals surface area contributed by atoms with E-state index < -0.39 is 0 Å². The third-order valence-corrected chi connectivity index (χ3v) is 4.83. The van der Waals surface area contributed by atoms with Crippen LogP contribution in [0.15, 0.2) is 72.9 Å². The molecular weight excluding hydrogens is 404 g/mol. The van der Waals surface area contributed by atoms with Gasteiger partial charge < -0.3 is 4.74 Å². The van der Waals surface area contributed by atoms with Crippen molar-refractivity contribution in [2.24, 2.45) is 5.92 Å². The Kier molecular flexibility index (Phi) is 24.5. The quantitative estimate of drug-likeness (QED) is 0.0980. The summed E-state index contributed by atoms with van der Waals surface area (Å²) in [4.78, 5) is 11.5. The van der Waals surface area contributed by atoms with Crippen molar-refractivity contribution in [3.8, 4) is 0 Å². The average molecular weight is 455 g/mol. The molecule has 0 aliphatic carbocycles. The first-order valence-corrected chi connectivity index (χ1v) is 13.2. The molecule has 0 saturated heterocycles. The first kappa shape index (κ1) is 30.9. The lowest BCUT2D eigenvalue weighted by molar-refractivity contribution is -0.144. The zero-order valence-electron chi connectivity index (χ0n) is 21.7. The topological polar surface area (TPSA) is 26.3 Å². The molecule has 2 heteroatoms. The number of ether oxygens (including phenoxy) is 1. The van der Waals surface area contributed by atoms with Crippen LogP contribution in [0.25, 0.3) is 0 Å². The van der Waals surface area contributed by atoms with Crippen LogP contribution in [0.4, 0.5) is 0 Å². The smallest absolute Gasteiger partial charge is 0.306 e. The lowest BCUT2D eigenvalue weighted by atomic mass is 10.2. The summed E-state index contributed by atoms with van der Waals surface area (Å²) >= 11 is 0. The minimum Gasteiger partial charge on any atom is -0.465 e. The van der Waals surface area contributed by atoms with E-state index in [2.05, 4.69) is 79.8 Å². The fourth-order valence-corrected chi connectivity index (χ4v) is 2.96. The number of carbonyl (C=O) groups excluding carboxylic acids is 1. The molecule has 0 radical (unpaired) electrons. The number of unbranched alkanes of at least 4 members (excludes halogenated alkanes) is 5. The minimum absolute atomic E-state index is 0.0910. The van der Waals surface area contributed by atoms with E-state index in [0.717, 1.165) is 70.6 Å². The fraction of sp³-hybridized carbons (Fsp3) is 0.581. The minimum atomic E-state index is -0.0910. The first-order chi connectivity index (χ1) is 16.2. The van der Waals surface area contributed by atoms with Crippen molar-refractivity contribution in [3.05, 3.63) is 72.9 Å². The Bertz CT molecular complexity index is 602. The highest BCUT2D eigenvalue weighted by molar-refractivity contribution is 5.69. The largest absolute Gasteiger partial charge is 0.465 e. The van der Waals surface area contributed by atoms with Gasteiger partial charge in [0.25, 0.3) is 0 Å². The van der Waals surface area contributed by atoms with E-state index in [1.54, 1.807) is 0 Å². The molecule has 0 amide bonds. The lowest BCUT2D eigenvalue weighted by Gasteiger charge is -2.05. The second-order valence-electron chi connectivity index (χ2n) is 8.74. The molecule has 0 aliphatic rings. The Labute approximate surface area is 205 Å². The molecule has 0 aromatic rings. The SMILES string of the molecule is CC/C=C\CC/C=C\CC/C=C\CC/C=C\CC/C=C\CC/C=C\CCC(=O)OCC(C)C. The molecule has 0 rings (SSSR count). The molecule has 0 bridgehead atoms. The number of hydrogen-bond donors (Lipinski definition) is 0. The second-order valence-corrected chi connectivity index (χ2v) is 8.74. The van der Waals surface area contributed by atoms with E-state index in [4.69, 9.17) is 4.74 Å². The summed E-state index contributed by atoms with van der Waals surface area (Å²) in [5, 5.41) is 0. The number of carbonyl (C=O) groups is 1. The van der Waals surface area contributed by atoms with Crippen LogP contribution in [-0.4, -0.2) is 12.6 Å². The van der Waals surface area contributed by atoms with E-state index in [1.165, 1.54) is 6.42 Å². The van der Waals surface area contributed by atoms with Crippen molar-refractivity contribution in [3.63, 3.8) is 0 Å². The van der Waals surface area contributed by atoms with Crippen molar-refractivity contribution in [2.75, 3.05) is 6.61 Å². The molecule has 0 atom stereocenters. The summed E-state index contributed by atoms with van der Waals surface area (Å²) in [5.74, 6) is 0.312. The molecule has 0 heterocycles. The molecule has 0 N–H and O–H groups in total. The van der Waals surface area contributed by atoms with E-state index in [0.29, 0.717) is 18.9 Å². The van der Waals surface area contributed by atoms with Gasteiger partial charge in [0.15, 0.2) is 0 Å². The van der Waals surface area contributed by atoms with Gasteiger partial charge in [-0.15, -0.1) is 0 Å². The van der Waals surface area contributed by atoms with Gasteiger partial charge in [0, 0.05) is 6.42 Å². The van der Waals surface area contributed by atoms with Gasteiger partial charge in [0.2, 0.25) is 0 Å². The monoisotopic (exact) mass is 454 g/mol. The molecule has 0 aliphatic heterocycles. The van der Waals surface area contributed by atoms with Gasteiger partial charge in [-0.1, -0.05) is 93.7 Å². The van der Waals surface area contributed by atoms with Crippen LogP contribution >= 0.6 is 0 Å². The number of allylic oxidation sites excluding steroid dienone is 12. The summed E-state index contributed by atoms with van der Waals surface area (Å²) in [6.07, 6.45) is 40.7. The van der Waals surface area contributed by atoms with Crippen LogP contribution in [0.3, 0.4) is 0 Å². The average Bonchev–Trinajstić information content (AvgIpc) is 2.80. The Hall–Kier alpha value is -2.09. The normalized spacial score (nSPS) is 12.8. The standard InChI is InChI=1S/C31H50O2/c1-4-5-6-7-8-9-10-11-12-13-14-15-16-17-18-19-20-21-22-23-24-25-26-27-28-31(32)33-29-30(2)3/h5-6,9-10,13-14,17-18,21-22,25-26,30H,4,7-8,11-12,15-16,19-20,23-24,27-29H2,1-3H3/b6-5-,10-9-,14-13-,18-17-,22-21-,26-25-. The maximum Gasteiger partial charge on any atom is 0.306 e. The molecule has 0 saturated carbocycles. The van der Waals surface area contributed by atoms with Crippen molar-refractivity contribution in [1.29, 1.82) is 0 Å². The summed E-state index contributed by atoms with van der Waals surface area (Å²) in [7, 11) is 0. The maximum absolute atomic E-state index is 11.5. The summed E-state index contributed by atoms with van der Waals surface area (Å²) < 4.78 is 5.16. The molecule has 0 unspecified atom stereocenters. The van der Waals surface area contributed by atoms with Crippen molar-refractivity contribution < 1.29 is 9.53 Å². The van der Waals surface area contributed by atoms with Gasteiger partial charge >= 0.3 is 5.97 Å². The van der Waals surface area contributed by atoms with E-state index in [-0.39, 0.29) is 5.97 Å². The van der Waals surface area contributed by atoms with E-state index in [1.807, 2.05) is 13.8 Å². The van der Waals surface area contributed by atoms with Gasteiger partial charge in [-0.2, -0.15) is 0 Å². The van der Waals surface area contributed by atoms with Gasteiger partial charge in [-0.25, -0.2) is 0 Å². The molecule has 0 aromatic heterocycles. The van der Waals surface area contributed by atoms with Crippen molar-refractivity contribution >= 4 is 5.97 Å². The van der Waals surface area contributed by atoms with Gasteiger partial charge in [0.05, 0.1) is 6.61 Å². The van der Waals surface area contributed by atoms with Crippen molar-refractivity contribution in [1.82, 2.24) is 0 Å². The predicted molar refractivity (Wildman–Crippen MR) is 146 cm³/mol. The van der Waals surface area contributed by atoms with E-state index in [9.17, 15) is 4.79 Å². The zero-order valence-corrected chi connectivity index (χ0v) is 21.7. The van der Waals surface area contributed by atoms with Crippen LogP contribution in [0.1, 0.15) is 104 Å². The number of esters is 1. The highest BCUT2D eigenvalue weighted by atomic mass is 16.5. The summed E-state index contributed by atoms with van der Waals surface area (Å²) in [5.41, 5.74) is 0. The highest BCUT2D eigenvalue weighted by Crippen LogP contribution is 2.03. The maximum atomic E-state index is 11.5. The number of hydrogen-bond acceptors (Lipinski definition) is 2. The fourth-order valence-electron chi connectivity index (χ4n) is 2.96. The van der Waals surface area contributed by atoms with E-state index >= 15 is 0 Å². The molecule has 0 spiro atoms. The van der Waals surface area contributed by atoms with Crippen LogP contribution in [0.5, 0.6) is 0 Å². The predicted octanol–water partition coefficient (Wildman–Crippen LogP) is 9.61. The molecule has 33 heavy (non-hydrogen) atoms. The highest BCUT2D eigenvalue weighted by Gasteiger charge is 2.02. The Morgan fingerprint density at radius 2 is 0.848 bits per heavy atom. The Balaban J connectivity index is 3.46. The molecular formula is C31H50O2. The Morgan fingerprint density at radius 1 is 0.545 bits per heavy atom. The third kappa shape index (κ3) is 27.9. The van der Waals surface area contributed by atoms with Crippen molar-refractivity contribution in [2.45, 2.75) is 104 Å². The van der Waals surface area contributed by atoms with Crippen LogP contribution < -0.4 is 0 Å². The molecule has 0 aromatic carbocycles. The molecule has 0 fully saturated rings. The summed E-state index contributed by atoms with van der Waals surface area (Å²) in [6.45, 7) is 6.80. The van der Waals surface area contributed by atoms with Gasteiger partial charge in [-0.05, 0) is 83.0 Å². The van der Waals surface area contributed by atoms with Crippen LogP contribution in [0, 0.1) is 5.92 Å². The Morgan fingerprint density at radius 3 is 1.15 bits per heavy atom. The summed E-state index contributed by atoms with van der Waals surface area (Å²) in [6, 6.07) is 0.